The van der Waals surface area contributed by atoms with Crippen LogP contribution in [0.3, 0.4) is 0 Å². The van der Waals surface area contributed by atoms with Crippen molar-refractivity contribution >= 4 is 5.91 Å². The first-order chi connectivity index (χ1) is 5.38. The zero-order chi connectivity index (χ0) is 7.68. The highest BCUT2D eigenvalue weighted by molar-refractivity contribution is 5.81. The largest absolute Gasteiger partial charge is 0.356 e. The lowest BCUT2D eigenvalue weighted by molar-refractivity contribution is -0.123. The van der Waals surface area contributed by atoms with E-state index < -0.39 is 0 Å². The molecule has 2 N–H and O–H groups in total. The number of hydrogen-bond acceptors (Lipinski definition) is 2. The lowest BCUT2D eigenvalue weighted by atomic mass is 9.97. The Bertz CT molecular complexity index is 163. The van der Waals surface area contributed by atoms with Crippen LogP contribution in [0.25, 0.3) is 0 Å². The Hall–Kier alpha value is -0.570. The average Bonchev–Trinajstić information content (AvgIpc) is 2.55. The van der Waals surface area contributed by atoms with Gasteiger partial charge in [-0.05, 0) is 25.8 Å². The summed E-state index contributed by atoms with van der Waals surface area (Å²) in [6.45, 7) is 1.97. The number of nitrogens with one attached hydrogen (secondary N) is 2. The molecule has 0 aromatic carbocycles. The average molecular weight is 154 g/mol. The van der Waals surface area contributed by atoms with E-state index >= 15 is 0 Å². The Morgan fingerprint density at radius 2 is 2.18 bits per heavy atom. The molecule has 0 radical (unpaired) electrons. The Morgan fingerprint density at radius 3 is 2.73 bits per heavy atom. The molecule has 2 rings (SSSR count). The highest BCUT2D eigenvalue weighted by Crippen LogP contribution is 2.20. The fraction of sp³-hybridized carbons (Fsp3) is 0.875. The van der Waals surface area contributed by atoms with Gasteiger partial charge in [0.05, 0.1) is 5.92 Å². The van der Waals surface area contributed by atoms with Crippen molar-refractivity contribution in [2.24, 2.45) is 5.92 Å². The maximum absolute atomic E-state index is 11.2. The van der Waals surface area contributed by atoms with Gasteiger partial charge in [0.15, 0.2) is 0 Å². The molecule has 2 saturated heterocycles. The number of hydrogen-bond donors (Lipinski definition) is 2. The Labute approximate surface area is 66.5 Å². The van der Waals surface area contributed by atoms with Crippen molar-refractivity contribution in [3.63, 3.8) is 0 Å². The monoisotopic (exact) mass is 154 g/mol. The van der Waals surface area contributed by atoms with Gasteiger partial charge in [-0.3, -0.25) is 4.79 Å². The van der Waals surface area contributed by atoms with Crippen LogP contribution in [-0.4, -0.2) is 25.0 Å². The third kappa shape index (κ3) is 1.25. The van der Waals surface area contributed by atoms with Crippen molar-refractivity contribution in [3.05, 3.63) is 0 Å². The minimum atomic E-state index is 0.254. The zero-order valence-electron chi connectivity index (χ0n) is 6.60. The summed E-state index contributed by atoms with van der Waals surface area (Å²) in [5.41, 5.74) is 0. The molecule has 2 fully saturated rings. The standard InChI is InChI=1S/C8H14N2O/c11-8-6(3-5-10-8)7-2-1-4-9-7/h6-7,9H,1-5H2,(H,10,11)/t6-,7+/m0/s1. The molecule has 0 aromatic rings. The van der Waals surface area contributed by atoms with E-state index in [2.05, 4.69) is 10.6 Å². The van der Waals surface area contributed by atoms with Crippen molar-refractivity contribution < 1.29 is 4.79 Å². The van der Waals surface area contributed by atoms with Gasteiger partial charge in [-0.15, -0.1) is 0 Å². The molecule has 2 atom stereocenters. The molecule has 3 heteroatoms. The molecule has 62 valence electrons. The molecule has 2 aliphatic rings. The molecule has 11 heavy (non-hydrogen) atoms. The summed E-state index contributed by atoms with van der Waals surface area (Å²) in [5.74, 6) is 0.516. The first-order valence-electron chi connectivity index (χ1n) is 4.39. The maximum Gasteiger partial charge on any atom is 0.224 e. The third-order valence-corrected chi connectivity index (χ3v) is 2.68. The van der Waals surface area contributed by atoms with Crippen LogP contribution in [0.1, 0.15) is 19.3 Å². The molecule has 0 unspecified atom stereocenters. The van der Waals surface area contributed by atoms with Crippen LogP contribution >= 0.6 is 0 Å². The lowest BCUT2D eigenvalue weighted by Crippen LogP contribution is -2.35. The predicted octanol–water partition coefficient (Wildman–Crippen LogP) is -0.126. The smallest absolute Gasteiger partial charge is 0.224 e. The van der Waals surface area contributed by atoms with E-state index in [0.29, 0.717) is 6.04 Å². The van der Waals surface area contributed by atoms with Crippen LogP contribution in [0.4, 0.5) is 0 Å². The van der Waals surface area contributed by atoms with Crippen LogP contribution in [0.15, 0.2) is 0 Å². The van der Waals surface area contributed by atoms with Gasteiger partial charge in [0, 0.05) is 12.6 Å². The second kappa shape index (κ2) is 2.81. The molecule has 0 bridgehead atoms. The molecule has 1 amide bonds. The van der Waals surface area contributed by atoms with Gasteiger partial charge in [0.1, 0.15) is 0 Å². The van der Waals surface area contributed by atoms with E-state index in [9.17, 15) is 4.79 Å². The molecule has 0 spiro atoms. The highest BCUT2D eigenvalue weighted by atomic mass is 16.2. The minimum absolute atomic E-state index is 0.254. The minimum Gasteiger partial charge on any atom is -0.356 e. The van der Waals surface area contributed by atoms with E-state index in [1.165, 1.54) is 12.8 Å². The van der Waals surface area contributed by atoms with E-state index in [1.807, 2.05) is 0 Å². The van der Waals surface area contributed by atoms with E-state index in [1.54, 1.807) is 0 Å². The number of amides is 1. The Kier molecular flexibility index (Phi) is 1.82. The third-order valence-electron chi connectivity index (χ3n) is 2.68. The number of carbonyl (C=O) groups excluding carboxylic acids is 1. The van der Waals surface area contributed by atoms with Crippen LogP contribution in [0.2, 0.25) is 0 Å². The van der Waals surface area contributed by atoms with Crippen LogP contribution < -0.4 is 10.6 Å². The van der Waals surface area contributed by atoms with Gasteiger partial charge in [0.2, 0.25) is 5.91 Å². The molecule has 0 aromatic heterocycles. The van der Waals surface area contributed by atoms with Crippen LogP contribution in [-0.2, 0) is 4.79 Å². The van der Waals surface area contributed by atoms with Crippen molar-refractivity contribution in [2.45, 2.75) is 25.3 Å². The predicted molar refractivity (Wildman–Crippen MR) is 42.1 cm³/mol. The second-order valence-electron chi connectivity index (χ2n) is 3.39. The summed E-state index contributed by atoms with van der Waals surface area (Å²) in [6, 6.07) is 0.470. The Balaban J connectivity index is 1.97. The van der Waals surface area contributed by atoms with Gasteiger partial charge in [-0.25, -0.2) is 0 Å². The first kappa shape index (κ1) is 7.10. The molecule has 2 heterocycles. The fourth-order valence-corrected chi connectivity index (χ4v) is 2.05. The molecule has 2 aliphatic heterocycles. The zero-order valence-corrected chi connectivity index (χ0v) is 6.60. The van der Waals surface area contributed by atoms with E-state index in [4.69, 9.17) is 0 Å². The van der Waals surface area contributed by atoms with Gasteiger partial charge >= 0.3 is 0 Å². The first-order valence-corrected chi connectivity index (χ1v) is 4.39. The Morgan fingerprint density at radius 1 is 1.27 bits per heavy atom. The maximum atomic E-state index is 11.2. The van der Waals surface area contributed by atoms with Gasteiger partial charge in [-0.1, -0.05) is 0 Å². The normalized spacial score (nSPS) is 37.6. The van der Waals surface area contributed by atoms with E-state index in [-0.39, 0.29) is 11.8 Å². The van der Waals surface area contributed by atoms with Gasteiger partial charge in [-0.2, -0.15) is 0 Å². The SMILES string of the molecule is O=C1NCC[C@H]1[C@H]1CCCN1. The fourth-order valence-electron chi connectivity index (χ4n) is 2.05. The van der Waals surface area contributed by atoms with Crippen molar-refractivity contribution in [3.8, 4) is 0 Å². The summed E-state index contributed by atoms with van der Waals surface area (Å²) < 4.78 is 0. The van der Waals surface area contributed by atoms with Crippen molar-refractivity contribution in [1.29, 1.82) is 0 Å². The van der Waals surface area contributed by atoms with E-state index in [0.717, 1.165) is 19.5 Å². The number of carbonyl (C=O) groups is 1. The van der Waals surface area contributed by atoms with Crippen LogP contribution in [0.5, 0.6) is 0 Å². The molecular formula is C8H14N2O. The summed E-state index contributed by atoms with van der Waals surface area (Å²) >= 11 is 0. The van der Waals surface area contributed by atoms with Crippen molar-refractivity contribution in [1.82, 2.24) is 10.6 Å². The summed E-state index contributed by atoms with van der Waals surface area (Å²) in [6.07, 6.45) is 3.43. The van der Waals surface area contributed by atoms with Crippen molar-refractivity contribution in [2.75, 3.05) is 13.1 Å². The topological polar surface area (TPSA) is 41.1 Å². The molecular weight excluding hydrogens is 140 g/mol. The molecule has 0 saturated carbocycles. The summed E-state index contributed by atoms with van der Waals surface area (Å²) in [7, 11) is 0. The summed E-state index contributed by atoms with van der Waals surface area (Å²) in [4.78, 5) is 11.2. The van der Waals surface area contributed by atoms with Gasteiger partial charge < -0.3 is 10.6 Å². The number of rotatable bonds is 1. The highest BCUT2D eigenvalue weighted by Gasteiger charge is 2.33. The lowest BCUT2D eigenvalue weighted by Gasteiger charge is -2.14. The molecule has 0 aliphatic carbocycles. The van der Waals surface area contributed by atoms with Crippen LogP contribution in [0, 0.1) is 5.92 Å². The van der Waals surface area contributed by atoms with Gasteiger partial charge in [0.25, 0.3) is 0 Å². The summed E-state index contributed by atoms with van der Waals surface area (Å²) in [5, 5.41) is 6.24. The quantitative estimate of drug-likeness (QED) is 0.552. The second-order valence-corrected chi connectivity index (χ2v) is 3.39. The molecule has 3 nitrogen and oxygen atoms in total.